The summed E-state index contributed by atoms with van der Waals surface area (Å²) < 4.78 is 0. The highest BCUT2D eigenvalue weighted by Gasteiger charge is 2.67. The average Bonchev–Trinajstić information content (AvgIpc) is 3.06. The Hall–Kier alpha value is -2.26. The van der Waals surface area contributed by atoms with Gasteiger partial charge >= 0.3 is 0 Å². The zero-order chi connectivity index (χ0) is 22.0. The molecule has 4 aromatic rings. The SMILES string of the molecule is Cc1csc([C@@]2(CN)[C@@H]3CN(c4cnc5c(-c6cccc(Cl)c6Cl)[nH]nc5n4)CC[C@@H]32)n1. The number of thiazole rings is 1. The quantitative estimate of drug-likeness (QED) is 0.443. The minimum atomic E-state index is 0.00797. The maximum absolute atomic E-state index is 6.40. The van der Waals surface area contributed by atoms with Gasteiger partial charge in [-0.2, -0.15) is 5.10 Å². The van der Waals surface area contributed by atoms with Crippen LogP contribution >= 0.6 is 34.5 Å². The van der Waals surface area contributed by atoms with Crippen molar-refractivity contribution in [1.29, 1.82) is 0 Å². The molecule has 0 bridgehead atoms. The van der Waals surface area contributed by atoms with Gasteiger partial charge < -0.3 is 10.6 Å². The molecular formula is C22H21Cl2N7S. The van der Waals surface area contributed by atoms with Crippen LogP contribution in [0.4, 0.5) is 5.82 Å². The van der Waals surface area contributed by atoms with Crippen LogP contribution in [0.2, 0.25) is 10.0 Å². The van der Waals surface area contributed by atoms with E-state index in [1.54, 1.807) is 17.4 Å². The number of nitrogens with zero attached hydrogens (tertiary/aromatic N) is 5. The lowest BCUT2D eigenvalue weighted by Crippen LogP contribution is -2.32. The number of nitrogens with two attached hydrogens (primary N) is 1. The Kier molecular flexibility index (Phi) is 4.69. The summed E-state index contributed by atoms with van der Waals surface area (Å²) in [7, 11) is 0. The fraction of sp³-hybridized carbons (Fsp3) is 0.364. The lowest BCUT2D eigenvalue weighted by molar-refractivity contribution is 0.545. The van der Waals surface area contributed by atoms with E-state index < -0.39 is 0 Å². The molecule has 0 spiro atoms. The Morgan fingerprint density at radius 3 is 2.94 bits per heavy atom. The van der Waals surface area contributed by atoms with Crippen LogP contribution in [-0.4, -0.2) is 44.8 Å². The van der Waals surface area contributed by atoms with Crippen LogP contribution in [0, 0.1) is 18.8 Å². The van der Waals surface area contributed by atoms with Crippen LogP contribution in [0.5, 0.6) is 0 Å². The number of piperidine rings is 1. The first-order valence-corrected chi connectivity index (χ1v) is 12.2. The lowest BCUT2D eigenvalue weighted by Gasteiger charge is -2.26. The summed E-state index contributed by atoms with van der Waals surface area (Å²) in [5, 5.41) is 11.7. The molecule has 0 amide bonds. The van der Waals surface area contributed by atoms with Crippen molar-refractivity contribution in [2.24, 2.45) is 17.6 Å². The van der Waals surface area contributed by atoms with Gasteiger partial charge in [-0.05, 0) is 31.2 Å². The number of halogens is 2. The number of rotatable bonds is 4. The van der Waals surface area contributed by atoms with Crippen molar-refractivity contribution >= 4 is 51.5 Å². The van der Waals surface area contributed by atoms with E-state index in [1.165, 1.54) is 5.01 Å². The molecule has 7 nitrogen and oxygen atoms in total. The molecule has 1 aliphatic carbocycles. The van der Waals surface area contributed by atoms with Gasteiger partial charge in [0.2, 0.25) is 5.65 Å². The van der Waals surface area contributed by atoms with Gasteiger partial charge in [-0.25, -0.2) is 15.0 Å². The number of hydrogen-bond acceptors (Lipinski definition) is 7. The van der Waals surface area contributed by atoms with Crippen LogP contribution in [-0.2, 0) is 5.41 Å². The molecule has 0 unspecified atom stereocenters. The molecule has 2 fully saturated rings. The Morgan fingerprint density at radius 1 is 1.28 bits per heavy atom. The number of H-pyrrole nitrogens is 1. The Morgan fingerprint density at radius 2 is 2.16 bits per heavy atom. The highest BCUT2D eigenvalue weighted by Crippen LogP contribution is 2.63. The molecule has 6 rings (SSSR count). The average molecular weight is 486 g/mol. The van der Waals surface area contributed by atoms with E-state index in [9.17, 15) is 0 Å². The predicted molar refractivity (Wildman–Crippen MR) is 129 cm³/mol. The van der Waals surface area contributed by atoms with E-state index in [0.29, 0.717) is 45.3 Å². The summed E-state index contributed by atoms with van der Waals surface area (Å²) in [6.07, 6.45) is 2.89. The summed E-state index contributed by atoms with van der Waals surface area (Å²) in [5.41, 5.74) is 10.1. The van der Waals surface area contributed by atoms with E-state index in [0.717, 1.165) is 36.6 Å². The highest BCUT2D eigenvalue weighted by atomic mass is 35.5. The van der Waals surface area contributed by atoms with Gasteiger partial charge in [0, 0.05) is 41.7 Å². The summed E-state index contributed by atoms with van der Waals surface area (Å²) >= 11 is 14.3. The maximum atomic E-state index is 6.40. The number of hydrogen-bond donors (Lipinski definition) is 2. The molecule has 10 heteroatoms. The molecule has 32 heavy (non-hydrogen) atoms. The summed E-state index contributed by atoms with van der Waals surface area (Å²) in [4.78, 5) is 16.6. The highest BCUT2D eigenvalue weighted by molar-refractivity contribution is 7.09. The minimum Gasteiger partial charge on any atom is -0.355 e. The Balaban J connectivity index is 1.29. The zero-order valence-corrected chi connectivity index (χ0v) is 19.7. The number of aromatic nitrogens is 5. The topological polar surface area (TPSA) is 96.6 Å². The maximum Gasteiger partial charge on any atom is 0.202 e. The van der Waals surface area contributed by atoms with Crippen molar-refractivity contribution in [2.45, 2.75) is 18.8 Å². The second-order valence-electron chi connectivity index (χ2n) is 8.59. The molecule has 3 atom stereocenters. The summed E-state index contributed by atoms with van der Waals surface area (Å²) in [6, 6.07) is 5.50. The third-order valence-corrected chi connectivity index (χ3v) is 8.95. The first-order valence-electron chi connectivity index (χ1n) is 10.6. The predicted octanol–water partition coefficient (Wildman–Crippen LogP) is 4.44. The third-order valence-electron chi connectivity index (χ3n) is 6.98. The van der Waals surface area contributed by atoms with Crippen LogP contribution in [0.25, 0.3) is 22.4 Å². The molecule has 3 N–H and O–H groups in total. The minimum absolute atomic E-state index is 0.00797. The van der Waals surface area contributed by atoms with Crippen molar-refractivity contribution in [3.63, 3.8) is 0 Å². The van der Waals surface area contributed by atoms with Crippen molar-refractivity contribution in [2.75, 3.05) is 24.5 Å². The van der Waals surface area contributed by atoms with Gasteiger partial charge in [-0.3, -0.25) is 5.10 Å². The largest absolute Gasteiger partial charge is 0.355 e. The molecule has 164 valence electrons. The fourth-order valence-corrected chi connectivity index (χ4v) is 6.82. The number of fused-ring (bicyclic) bond motifs is 2. The van der Waals surface area contributed by atoms with Crippen LogP contribution in [0.1, 0.15) is 17.1 Å². The number of aromatic amines is 1. The smallest absolute Gasteiger partial charge is 0.202 e. The van der Waals surface area contributed by atoms with E-state index in [-0.39, 0.29) is 5.41 Å². The Bertz CT molecular complexity index is 1340. The van der Waals surface area contributed by atoms with Gasteiger partial charge in [0.25, 0.3) is 0 Å². The second kappa shape index (κ2) is 7.38. The molecular weight excluding hydrogens is 465 g/mol. The first kappa shape index (κ1) is 20.4. The van der Waals surface area contributed by atoms with Gasteiger partial charge in [0.15, 0.2) is 0 Å². The second-order valence-corrected chi connectivity index (χ2v) is 10.2. The van der Waals surface area contributed by atoms with Gasteiger partial charge in [-0.1, -0.05) is 35.3 Å². The van der Waals surface area contributed by atoms with Crippen molar-refractivity contribution in [3.05, 3.63) is 50.5 Å². The van der Waals surface area contributed by atoms with Crippen LogP contribution in [0.15, 0.2) is 29.8 Å². The summed E-state index contributed by atoms with van der Waals surface area (Å²) in [5.74, 6) is 1.91. The number of anilines is 1. The first-order chi connectivity index (χ1) is 15.5. The van der Waals surface area contributed by atoms with Crippen LogP contribution in [0.3, 0.4) is 0 Å². The lowest BCUT2D eigenvalue weighted by atomic mass is 10.0. The van der Waals surface area contributed by atoms with Crippen molar-refractivity contribution < 1.29 is 0 Å². The Labute approximate surface area is 199 Å². The molecule has 1 saturated heterocycles. The molecule has 1 saturated carbocycles. The number of benzene rings is 1. The zero-order valence-electron chi connectivity index (χ0n) is 17.3. The van der Waals surface area contributed by atoms with E-state index in [1.807, 2.05) is 25.3 Å². The summed E-state index contributed by atoms with van der Waals surface area (Å²) in [6.45, 7) is 4.50. The van der Waals surface area contributed by atoms with E-state index in [2.05, 4.69) is 25.5 Å². The molecule has 4 heterocycles. The molecule has 0 radical (unpaired) electrons. The monoisotopic (exact) mass is 485 g/mol. The fourth-order valence-electron chi connectivity index (χ4n) is 5.28. The standard InChI is InChI=1S/C22H21Cl2N7S/c1-11-9-32-21(27-11)22(10-25)13-5-6-31(8-14(13)22)16-7-26-19-18(29-30-20(19)28-16)12-3-2-4-15(23)17(12)24/h2-4,7,9,13-14H,5-6,8,10,25H2,1H3,(H,28,29,30)/t13-,14+,22+/m0/s1. The van der Waals surface area contributed by atoms with Gasteiger partial charge in [0.05, 0.1) is 21.9 Å². The van der Waals surface area contributed by atoms with E-state index in [4.69, 9.17) is 38.9 Å². The third kappa shape index (κ3) is 2.90. The molecule has 2 aliphatic rings. The number of nitrogens with one attached hydrogen (secondary N) is 1. The van der Waals surface area contributed by atoms with Gasteiger partial charge in [-0.15, -0.1) is 11.3 Å². The van der Waals surface area contributed by atoms with Crippen LogP contribution < -0.4 is 10.6 Å². The molecule has 1 aliphatic heterocycles. The van der Waals surface area contributed by atoms with Crippen molar-refractivity contribution in [1.82, 2.24) is 25.1 Å². The molecule has 3 aromatic heterocycles. The normalized spacial score (nSPS) is 24.7. The van der Waals surface area contributed by atoms with Gasteiger partial charge in [0.1, 0.15) is 16.3 Å². The van der Waals surface area contributed by atoms with Crippen molar-refractivity contribution in [3.8, 4) is 11.3 Å². The van der Waals surface area contributed by atoms with E-state index >= 15 is 0 Å². The molecule has 1 aromatic carbocycles. The number of aryl methyl sites for hydroxylation is 1.